The van der Waals surface area contributed by atoms with E-state index in [4.69, 9.17) is 4.74 Å². The summed E-state index contributed by atoms with van der Waals surface area (Å²) >= 11 is 0. The largest absolute Gasteiger partial charge is 0.464 e. The third-order valence-electron chi connectivity index (χ3n) is 5.49. The molecule has 3 heteroatoms. The molecule has 2 aromatic rings. The number of nitriles is 1. The van der Waals surface area contributed by atoms with Gasteiger partial charge in [0.15, 0.2) is 5.41 Å². The van der Waals surface area contributed by atoms with E-state index in [9.17, 15) is 10.1 Å². The molecule has 0 saturated heterocycles. The van der Waals surface area contributed by atoms with Crippen molar-refractivity contribution in [3.8, 4) is 6.07 Å². The van der Waals surface area contributed by atoms with Crippen LogP contribution in [-0.4, -0.2) is 12.6 Å². The Morgan fingerprint density at radius 2 is 1.57 bits per heavy atom. The van der Waals surface area contributed by atoms with Gasteiger partial charge in [-0.05, 0) is 30.4 Å². The SMILES string of the molecule is CCCCC(CC)COC(=O)C(C)(C#N)C(c1ccccc1)c1ccccc1. The number of hydrogen-bond acceptors (Lipinski definition) is 3. The Labute approximate surface area is 169 Å². The van der Waals surface area contributed by atoms with Crippen LogP contribution >= 0.6 is 0 Å². The molecule has 28 heavy (non-hydrogen) atoms. The van der Waals surface area contributed by atoms with Crippen molar-refractivity contribution in [2.45, 2.75) is 52.4 Å². The van der Waals surface area contributed by atoms with Crippen LogP contribution in [0.15, 0.2) is 60.7 Å². The fraction of sp³-hybridized carbons (Fsp3) is 0.440. The number of rotatable bonds is 10. The number of hydrogen-bond donors (Lipinski definition) is 0. The van der Waals surface area contributed by atoms with Crippen LogP contribution in [0.4, 0.5) is 0 Å². The number of esters is 1. The first-order chi connectivity index (χ1) is 13.6. The molecule has 3 nitrogen and oxygen atoms in total. The monoisotopic (exact) mass is 377 g/mol. The van der Waals surface area contributed by atoms with E-state index in [1.54, 1.807) is 6.92 Å². The highest BCUT2D eigenvalue weighted by atomic mass is 16.5. The van der Waals surface area contributed by atoms with E-state index in [-0.39, 0.29) is 5.92 Å². The van der Waals surface area contributed by atoms with Crippen LogP contribution in [0, 0.1) is 22.7 Å². The quantitative estimate of drug-likeness (QED) is 0.469. The minimum absolute atomic E-state index is 0.346. The molecule has 0 saturated carbocycles. The lowest BCUT2D eigenvalue weighted by Crippen LogP contribution is -2.36. The van der Waals surface area contributed by atoms with Crippen molar-refractivity contribution < 1.29 is 9.53 Å². The highest BCUT2D eigenvalue weighted by Crippen LogP contribution is 2.42. The smallest absolute Gasteiger partial charge is 0.327 e. The van der Waals surface area contributed by atoms with Gasteiger partial charge in [0.1, 0.15) is 0 Å². The summed E-state index contributed by atoms with van der Waals surface area (Å²) in [5.74, 6) is -0.482. The predicted molar refractivity (Wildman–Crippen MR) is 113 cm³/mol. The van der Waals surface area contributed by atoms with Gasteiger partial charge in [-0.3, -0.25) is 4.79 Å². The second-order valence-electron chi connectivity index (χ2n) is 7.58. The average molecular weight is 378 g/mol. The number of carbonyl (C=O) groups is 1. The topological polar surface area (TPSA) is 50.1 Å². The van der Waals surface area contributed by atoms with Crippen LogP contribution in [0.25, 0.3) is 0 Å². The van der Waals surface area contributed by atoms with E-state index < -0.39 is 11.4 Å². The first kappa shape index (κ1) is 21.7. The molecule has 2 atom stereocenters. The Bertz CT molecular complexity index is 727. The van der Waals surface area contributed by atoms with Crippen LogP contribution in [0.3, 0.4) is 0 Å². The summed E-state index contributed by atoms with van der Waals surface area (Å²) in [6.07, 6.45) is 4.27. The van der Waals surface area contributed by atoms with Crippen molar-refractivity contribution in [3.05, 3.63) is 71.8 Å². The van der Waals surface area contributed by atoms with E-state index in [0.29, 0.717) is 12.5 Å². The summed E-state index contributed by atoms with van der Waals surface area (Å²) in [4.78, 5) is 13.1. The van der Waals surface area contributed by atoms with E-state index in [2.05, 4.69) is 19.9 Å². The summed E-state index contributed by atoms with van der Waals surface area (Å²) in [5.41, 5.74) is 0.576. The molecule has 0 heterocycles. The normalized spacial score (nSPS) is 14.1. The summed E-state index contributed by atoms with van der Waals surface area (Å²) in [6, 6.07) is 21.8. The lowest BCUT2D eigenvalue weighted by molar-refractivity contribution is -0.154. The van der Waals surface area contributed by atoms with Gasteiger partial charge in [-0.1, -0.05) is 93.8 Å². The van der Waals surface area contributed by atoms with Crippen LogP contribution in [0.5, 0.6) is 0 Å². The summed E-state index contributed by atoms with van der Waals surface area (Å²) in [6.45, 7) is 6.36. The average Bonchev–Trinajstić information content (AvgIpc) is 2.75. The first-order valence-corrected chi connectivity index (χ1v) is 10.2. The van der Waals surface area contributed by atoms with Crippen molar-refractivity contribution >= 4 is 5.97 Å². The lowest BCUT2D eigenvalue weighted by Gasteiger charge is -2.31. The Kier molecular flexibility index (Phi) is 8.26. The standard InChI is InChI=1S/C25H31NO2/c1-4-6-13-20(5-2)18-28-24(27)25(3,19-26)23(21-14-9-7-10-15-21)22-16-11-8-12-17-22/h7-12,14-17,20,23H,4-6,13,18H2,1-3H3. The predicted octanol–water partition coefficient (Wildman–Crippen LogP) is 6.11. The maximum atomic E-state index is 13.1. The molecule has 0 aliphatic heterocycles. The molecule has 0 amide bonds. The van der Waals surface area contributed by atoms with Crippen LogP contribution in [0.2, 0.25) is 0 Å². The number of nitrogens with zero attached hydrogens (tertiary/aromatic N) is 1. The van der Waals surface area contributed by atoms with Gasteiger partial charge in [0.05, 0.1) is 12.7 Å². The molecule has 0 aliphatic carbocycles. The van der Waals surface area contributed by atoms with Crippen LogP contribution in [-0.2, 0) is 9.53 Å². The van der Waals surface area contributed by atoms with Crippen molar-refractivity contribution in [1.82, 2.24) is 0 Å². The molecule has 0 bridgehead atoms. The van der Waals surface area contributed by atoms with E-state index in [0.717, 1.165) is 36.8 Å². The lowest BCUT2D eigenvalue weighted by atomic mass is 9.71. The van der Waals surface area contributed by atoms with Crippen molar-refractivity contribution in [2.75, 3.05) is 6.61 Å². The van der Waals surface area contributed by atoms with Gasteiger partial charge >= 0.3 is 5.97 Å². The summed E-state index contributed by atoms with van der Waals surface area (Å²) < 4.78 is 5.71. The highest BCUT2D eigenvalue weighted by Gasteiger charge is 2.45. The van der Waals surface area contributed by atoms with E-state index in [1.807, 2.05) is 60.7 Å². The van der Waals surface area contributed by atoms with Gasteiger partial charge in [0.25, 0.3) is 0 Å². The number of ether oxygens (including phenoxy) is 1. The molecule has 0 fully saturated rings. The zero-order chi connectivity index (χ0) is 20.4. The molecule has 0 N–H and O–H groups in total. The van der Waals surface area contributed by atoms with Gasteiger partial charge in [0.2, 0.25) is 0 Å². The minimum Gasteiger partial charge on any atom is -0.464 e. The molecule has 0 spiro atoms. The van der Waals surface area contributed by atoms with Crippen LogP contribution < -0.4 is 0 Å². The number of benzene rings is 2. The Morgan fingerprint density at radius 1 is 1.04 bits per heavy atom. The van der Waals surface area contributed by atoms with E-state index >= 15 is 0 Å². The molecule has 2 aromatic carbocycles. The van der Waals surface area contributed by atoms with Gasteiger partial charge in [-0.2, -0.15) is 5.26 Å². The van der Waals surface area contributed by atoms with Gasteiger partial charge in [0, 0.05) is 5.92 Å². The van der Waals surface area contributed by atoms with Crippen LogP contribution in [0.1, 0.15) is 63.5 Å². The zero-order valence-electron chi connectivity index (χ0n) is 17.2. The number of unbranched alkanes of at least 4 members (excludes halogenated alkanes) is 1. The number of carbonyl (C=O) groups excluding carboxylic acids is 1. The second kappa shape index (κ2) is 10.7. The Hall–Kier alpha value is -2.60. The first-order valence-electron chi connectivity index (χ1n) is 10.2. The van der Waals surface area contributed by atoms with Crippen molar-refractivity contribution in [1.29, 1.82) is 5.26 Å². The molecule has 2 rings (SSSR count). The summed E-state index contributed by atoms with van der Waals surface area (Å²) in [5, 5.41) is 10.1. The highest BCUT2D eigenvalue weighted by molar-refractivity contribution is 5.82. The third-order valence-corrected chi connectivity index (χ3v) is 5.49. The molecule has 2 unspecified atom stereocenters. The maximum Gasteiger partial charge on any atom is 0.327 e. The van der Waals surface area contributed by atoms with Gasteiger partial charge in [-0.25, -0.2) is 0 Å². The molecular weight excluding hydrogens is 346 g/mol. The Balaban J connectivity index is 2.30. The second-order valence-corrected chi connectivity index (χ2v) is 7.58. The third kappa shape index (κ3) is 5.23. The summed E-state index contributed by atoms with van der Waals surface area (Å²) in [7, 11) is 0. The maximum absolute atomic E-state index is 13.1. The minimum atomic E-state index is -1.30. The fourth-order valence-corrected chi connectivity index (χ4v) is 3.62. The van der Waals surface area contributed by atoms with Crippen molar-refractivity contribution in [3.63, 3.8) is 0 Å². The van der Waals surface area contributed by atoms with Crippen molar-refractivity contribution in [2.24, 2.45) is 11.3 Å². The molecule has 0 radical (unpaired) electrons. The van der Waals surface area contributed by atoms with E-state index in [1.165, 1.54) is 0 Å². The zero-order valence-corrected chi connectivity index (χ0v) is 17.2. The molecule has 148 valence electrons. The molecular formula is C25H31NO2. The molecule has 0 aliphatic rings. The van der Waals surface area contributed by atoms with Gasteiger partial charge < -0.3 is 4.74 Å². The fourth-order valence-electron chi connectivity index (χ4n) is 3.62. The Morgan fingerprint density at radius 3 is 2.00 bits per heavy atom. The molecule has 0 aromatic heterocycles. The van der Waals surface area contributed by atoms with Gasteiger partial charge in [-0.15, -0.1) is 0 Å².